The highest BCUT2D eigenvalue weighted by Gasteiger charge is 2.37. The molecule has 0 N–H and O–H groups in total. The van der Waals surface area contributed by atoms with Gasteiger partial charge in [0.2, 0.25) is 0 Å². The lowest BCUT2D eigenvalue weighted by atomic mass is 10.2. The molecule has 2 rings (SSSR count). The Morgan fingerprint density at radius 3 is 1.76 bits per heavy atom. The molecule has 0 fully saturated rings. The Hall–Kier alpha value is -1.35. The zero-order valence-electron chi connectivity index (χ0n) is 16.0. The van der Waals surface area contributed by atoms with Gasteiger partial charge in [0, 0.05) is 24.1 Å². The summed E-state index contributed by atoms with van der Waals surface area (Å²) >= 11 is 0. The third-order valence-electron chi connectivity index (χ3n) is 4.86. The first-order valence-corrected chi connectivity index (χ1v) is 13.3. The smallest absolute Gasteiger partial charge is 0.191 e. The van der Waals surface area contributed by atoms with Crippen molar-refractivity contribution in [1.29, 1.82) is 0 Å². The van der Waals surface area contributed by atoms with Crippen LogP contribution < -0.4 is 4.67 Å². The SMILES string of the molecule is CC(C)(C)[Si](C)(C)OCC[PH](=O)N(c1ccccc1)c1ccccc1. The van der Waals surface area contributed by atoms with Gasteiger partial charge >= 0.3 is 0 Å². The summed E-state index contributed by atoms with van der Waals surface area (Å²) in [5.41, 5.74) is 1.93. The van der Waals surface area contributed by atoms with Crippen molar-refractivity contribution in [3.8, 4) is 0 Å². The quantitative estimate of drug-likeness (QED) is 0.419. The van der Waals surface area contributed by atoms with Crippen LogP contribution in [0.2, 0.25) is 18.1 Å². The molecule has 2 aromatic carbocycles. The fraction of sp³-hybridized carbons (Fsp3) is 0.400. The van der Waals surface area contributed by atoms with Gasteiger partial charge in [-0.2, -0.15) is 0 Å². The van der Waals surface area contributed by atoms with Gasteiger partial charge in [-0.05, 0) is 42.4 Å². The summed E-state index contributed by atoms with van der Waals surface area (Å²) in [4.78, 5) is 0. The molecule has 0 radical (unpaired) electrons. The molecule has 0 aliphatic heterocycles. The molecule has 0 aromatic heterocycles. The predicted molar refractivity (Wildman–Crippen MR) is 112 cm³/mol. The van der Waals surface area contributed by atoms with Gasteiger partial charge < -0.3 is 8.99 Å². The second-order valence-corrected chi connectivity index (χ2v) is 14.3. The molecule has 1 unspecified atom stereocenters. The molecule has 0 bridgehead atoms. The zero-order chi connectivity index (χ0) is 18.5. The number of hydrogen-bond donors (Lipinski definition) is 0. The Morgan fingerprint density at radius 2 is 1.36 bits per heavy atom. The fourth-order valence-electron chi connectivity index (χ4n) is 2.31. The largest absolute Gasteiger partial charge is 0.416 e. The maximum Gasteiger partial charge on any atom is 0.191 e. The minimum Gasteiger partial charge on any atom is -0.416 e. The molecule has 0 heterocycles. The maximum atomic E-state index is 13.1. The minimum absolute atomic E-state index is 0.168. The third kappa shape index (κ3) is 5.31. The second kappa shape index (κ2) is 8.35. The first kappa shape index (κ1) is 20.0. The average Bonchev–Trinajstić information content (AvgIpc) is 2.56. The summed E-state index contributed by atoms with van der Waals surface area (Å²) < 4.78 is 21.3. The molecule has 25 heavy (non-hydrogen) atoms. The highest BCUT2D eigenvalue weighted by molar-refractivity contribution is 7.47. The van der Waals surface area contributed by atoms with Crippen molar-refractivity contribution in [1.82, 2.24) is 0 Å². The molecule has 0 aliphatic rings. The van der Waals surface area contributed by atoms with Crippen molar-refractivity contribution in [3.63, 3.8) is 0 Å². The molecule has 0 saturated carbocycles. The number of anilines is 2. The van der Waals surface area contributed by atoms with Crippen molar-refractivity contribution < 1.29 is 8.99 Å². The monoisotopic (exact) mass is 375 g/mol. The molecule has 0 spiro atoms. The van der Waals surface area contributed by atoms with Crippen LogP contribution >= 0.6 is 7.95 Å². The van der Waals surface area contributed by atoms with Gasteiger partial charge in [0.15, 0.2) is 16.3 Å². The first-order chi connectivity index (χ1) is 11.7. The van der Waals surface area contributed by atoms with E-state index in [9.17, 15) is 4.57 Å². The molecule has 5 heteroatoms. The number of rotatable bonds is 7. The molecule has 3 nitrogen and oxygen atoms in total. The Kier molecular flexibility index (Phi) is 6.67. The van der Waals surface area contributed by atoms with Crippen LogP contribution in [0.15, 0.2) is 60.7 Å². The van der Waals surface area contributed by atoms with Crippen molar-refractivity contribution >= 4 is 27.6 Å². The molecule has 0 aliphatic carbocycles. The minimum atomic E-state index is -2.02. The molecule has 0 saturated heterocycles. The zero-order valence-corrected chi connectivity index (χ0v) is 18.0. The summed E-state index contributed by atoms with van der Waals surface area (Å²) in [6.07, 6.45) is 0.557. The van der Waals surface area contributed by atoms with E-state index in [1.165, 1.54) is 0 Å². The maximum absolute atomic E-state index is 13.1. The Morgan fingerprint density at radius 1 is 0.920 bits per heavy atom. The van der Waals surface area contributed by atoms with E-state index in [2.05, 4.69) is 33.9 Å². The third-order valence-corrected chi connectivity index (χ3v) is 11.0. The lowest BCUT2D eigenvalue weighted by Crippen LogP contribution is -2.41. The predicted octanol–water partition coefficient (Wildman–Crippen LogP) is 6.32. The van der Waals surface area contributed by atoms with Crippen LogP contribution in [0.3, 0.4) is 0 Å². The van der Waals surface area contributed by atoms with Crippen LogP contribution in [0.25, 0.3) is 0 Å². The second-order valence-electron chi connectivity index (χ2n) is 7.76. The van der Waals surface area contributed by atoms with Crippen LogP contribution in [0.1, 0.15) is 20.8 Å². The molecular formula is C20H30NO2PSi. The molecule has 1 atom stereocenters. The van der Waals surface area contributed by atoms with Gasteiger partial charge in [-0.15, -0.1) is 0 Å². The summed E-state index contributed by atoms with van der Waals surface area (Å²) in [5, 5.41) is 0.168. The number of hydrogen-bond acceptors (Lipinski definition) is 2. The average molecular weight is 376 g/mol. The highest BCUT2D eigenvalue weighted by Crippen LogP contribution is 2.41. The summed E-state index contributed by atoms with van der Waals surface area (Å²) in [7, 11) is -3.83. The Bertz CT molecular complexity index is 644. The van der Waals surface area contributed by atoms with E-state index in [1.54, 1.807) is 0 Å². The summed E-state index contributed by atoms with van der Waals surface area (Å²) in [6, 6.07) is 19.9. The molecule has 2 aromatic rings. The van der Waals surface area contributed by atoms with E-state index in [4.69, 9.17) is 4.43 Å². The normalized spacial score (nSPS) is 13.5. The van der Waals surface area contributed by atoms with Gasteiger partial charge in [-0.1, -0.05) is 57.2 Å². The van der Waals surface area contributed by atoms with Gasteiger partial charge in [-0.3, -0.25) is 4.67 Å². The lowest BCUT2D eigenvalue weighted by molar-refractivity contribution is 0.309. The molecule has 0 amide bonds. The van der Waals surface area contributed by atoms with Gasteiger partial charge in [0.05, 0.1) is 0 Å². The van der Waals surface area contributed by atoms with Crippen molar-refractivity contribution in [3.05, 3.63) is 60.7 Å². The number of benzene rings is 2. The first-order valence-electron chi connectivity index (χ1n) is 8.79. The van der Waals surface area contributed by atoms with Crippen LogP contribution in [-0.2, 0) is 8.99 Å². The van der Waals surface area contributed by atoms with Gasteiger partial charge in [0.1, 0.15) is 0 Å². The van der Waals surface area contributed by atoms with Gasteiger partial charge in [-0.25, -0.2) is 0 Å². The summed E-state index contributed by atoms with van der Waals surface area (Å²) in [5.74, 6) is 0. The topological polar surface area (TPSA) is 29.5 Å². The molecule has 136 valence electrons. The van der Waals surface area contributed by atoms with Crippen LogP contribution in [0.4, 0.5) is 11.4 Å². The van der Waals surface area contributed by atoms with Crippen molar-refractivity contribution in [2.75, 3.05) is 17.4 Å². The van der Waals surface area contributed by atoms with E-state index >= 15 is 0 Å². The standard InChI is InChI=1S/C20H30NO2PSi/c1-20(2,3)25(4,5)23-16-17-24(22)21(18-12-8-6-9-13-18)19-14-10-7-11-15-19/h6-15,24H,16-17H2,1-5H3. The van der Waals surface area contributed by atoms with Crippen LogP contribution in [0.5, 0.6) is 0 Å². The van der Waals surface area contributed by atoms with Crippen LogP contribution in [-0.4, -0.2) is 21.1 Å². The van der Waals surface area contributed by atoms with Crippen molar-refractivity contribution in [2.24, 2.45) is 0 Å². The molecular weight excluding hydrogens is 345 g/mol. The number of nitrogens with zero attached hydrogens (tertiary/aromatic N) is 1. The highest BCUT2D eigenvalue weighted by atomic mass is 31.1. The van der Waals surface area contributed by atoms with E-state index in [1.807, 2.05) is 65.3 Å². The Labute approximate surface area is 154 Å². The van der Waals surface area contributed by atoms with Crippen LogP contribution in [0, 0.1) is 0 Å². The van der Waals surface area contributed by atoms with E-state index in [0.29, 0.717) is 12.8 Å². The van der Waals surface area contributed by atoms with E-state index in [0.717, 1.165) is 11.4 Å². The summed E-state index contributed by atoms with van der Waals surface area (Å²) in [6.45, 7) is 11.7. The Balaban J connectivity index is 2.12. The van der Waals surface area contributed by atoms with Crippen molar-refractivity contribution in [2.45, 2.75) is 38.9 Å². The van der Waals surface area contributed by atoms with Gasteiger partial charge in [0.25, 0.3) is 0 Å². The van der Waals surface area contributed by atoms with E-state index < -0.39 is 16.3 Å². The number of para-hydroxylation sites is 2. The fourth-order valence-corrected chi connectivity index (χ4v) is 4.94. The lowest BCUT2D eigenvalue weighted by Gasteiger charge is -2.36. The van der Waals surface area contributed by atoms with E-state index in [-0.39, 0.29) is 5.04 Å².